The third-order valence-corrected chi connectivity index (χ3v) is 4.56. The molecule has 0 unspecified atom stereocenters. The molecule has 1 saturated heterocycles. The van der Waals surface area contributed by atoms with Gasteiger partial charge in [0.2, 0.25) is 5.91 Å². The van der Waals surface area contributed by atoms with Crippen molar-refractivity contribution in [2.24, 2.45) is 17.1 Å². The molecule has 0 aromatic carbocycles. The van der Waals surface area contributed by atoms with Crippen molar-refractivity contribution in [3.8, 4) is 0 Å². The molecule has 2 N–H and O–H groups in total. The average molecular weight is 270 g/mol. The number of hydrogen-bond donors (Lipinski definition) is 1. The molecule has 1 aliphatic carbocycles. The van der Waals surface area contributed by atoms with E-state index >= 15 is 0 Å². The smallest absolute Gasteiger partial charge is 0.236 e. The topological polar surface area (TPSA) is 55.6 Å². The van der Waals surface area contributed by atoms with E-state index in [4.69, 9.17) is 22.7 Å². The predicted octanol–water partition coefficient (Wildman–Crippen LogP) is 1.33. The molecule has 2 aliphatic rings. The van der Waals surface area contributed by atoms with E-state index in [1.165, 1.54) is 0 Å². The van der Waals surface area contributed by atoms with Gasteiger partial charge in [0.05, 0.1) is 29.2 Å². The van der Waals surface area contributed by atoms with E-state index in [1.54, 1.807) is 0 Å². The quantitative estimate of drug-likeness (QED) is 0.769. The van der Waals surface area contributed by atoms with Crippen LogP contribution in [0.25, 0.3) is 0 Å². The van der Waals surface area contributed by atoms with Crippen molar-refractivity contribution >= 4 is 23.1 Å². The maximum absolute atomic E-state index is 12.8. The van der Waals surface area contributed by atoms with Gasteiger partial charge >= 0.3 is 0 Å². The van der Waals surface area contributed by atoms with Crippen molar-refractivity contribution < 1.29 is 9.53 Å². The number of ether oxygens (including phenoxy) is 1. The Labute approximate surface area is 114 Å². The summed E-state index contributed by atoms with van der Waals surface area (Å²) in [4.78, 5) is 15.1. The number of nitrogens with zero attached hydrogens (tertiary/aromatic N) is 1. The van der Waals surface area contributed by atoms with Crippen molar-refractivity contribution in [2.75, 3.05) is 19.8 Å². The van der Waals surface area contributed by atoms with Crippen molar-refractivity contribution in [2.45, 2.75) is 39.2 Å². The van der Waals surface area contributed by atoms with Crippen LogP contribution in [0.15, 0.2) is 0 Å². The first-order valence-electron chi connectivity index (χ1n) is 6.49. The van der Waals surface area contributed by atoms with Crippen LogP contribution in [0.1, 0.15) is 33.6 Å². The molecule has 2 rings (SSSR count). The van der Waals surface area contributed by atoms with Gasteiger partial charge in [0.25, 0.3) is 0 Å². The molecule has 1 aliphatic heterocycles. The molecule has 0 aromatic rings. The second kappa shape index (κ2) is 4.46. The highest BCUT2D eigenvalue weighted by molar-refractivity contribution is 7.80. The number of nitrogens with two attached hydrogens (primary N) is 1. The number of morpholine rings is 1. The molecule has 102 valence electrons. The fraction of sp³-hybridized carbons (Fsp3) is 0.846. The summed E-state index contributed by atoms with van der Waals surface area (Å²) >= 11 is 5.15. The molecule has 1 heterocycles. The molecule has 2 fully saturated rings. The Hall–Kier alpha value is -0.680. The van der Waals surface area contributed by atoms with Crippen molar-refractivity contribution in [1.82, 2.24) is 4.90 Å². The van der Waals surface area contributed by atoms with Gasteiger partial charge in [-0.15, -0.1) is 0 Å². The Morgan fingerprint density at radius 1 is 1.44 bits per heavy atom. The highest BCUT2D eigenvalue weighted by atomic mass is 32.1. The molecule has 1 saturated carbocycles. The molecule has 0 spiro atoms. The van der Waals surface area contributed by atoms with Crippen LogP contribution in [0, 0.1) is 11.3 Å². The fourth-order valence-electron chi connectivity index (χ4n) is 3.10. The van der Waals surface area contributed by atoms with E-state index in [0.29, 0.717) is 30.7 Å². The van der Waals surface area contributed by atoms with Crippen molar-refractivity contribution in [3.05, 3.63) is 0 Å². The maximum Gasteiger partial charge on any atom is 0.236 e. The van der Waals surface area contributed by atoms with E-state index in [-0.39, 0.29) is 11.4 Å². The lowest BCUT2D eigenvalue weighted by Gasteiger charge is -2.51. The summed E-state index contributed by atoms with van der Waals surface area (Å²) in [6.45, 7) is 7.98. The third-order valence-electron chi connectivity index (χ3n) is 4.17. The zero-order chi connectivity index (χ0) is 13.6. The van der Waals surface area contributed by atoms with Gasteiger partial charge in [-0.25, -0.2) is 0 Å². The molecule has 0 atom stereocenters. The number of amides is 1. The second-order valence-corrected chi connectivity index (χ2v) is 6.72. The van der Waals surface area contributed by atoms with Gasteiger partial charge in [0, 0.05) is 6.54 Å². The molecular formula is C13H22N2O2S. The van der Waals surface area contributed by atoms with Gasteiger partial charge in [0.15, 0.2) is 0 Å². The summed E-state index contributed by atoms with van der Waals surface area (Å²) in [5, 5.41) is 0. The average Bonchev–Trinajstić information content (AvgIpc) is 2.22. The van der Waals surface area contributed by atoms with E-state index in [0.717, 1.165) is 12.8 Å². The lowest BCUT2D eigenvalue weighted by atomic mass is 9.61. The van der Waals surface area contributed by atoms with Crippen LogP contribution in [0.4, 0.5) is 0 Å². The Balaban J connectivity index is 2.22. The van der Waals surface area contributed by atoms with Crippen LogP contribution >= 0.6 is 12.2 Å². The van der Waals surface area contributed by atoms with Crippen LogP contribution in [-0.2, 0) is 9.53 Å². The summed E-state index contributed by atoms with van der Waals surface area (Å²) in [6, 6.07) is 0. The number of carbonyl (C=O) groups excluding carboxylic acids is 1. The van der Waals surface area contributed by atoms with E-state index < -0.39 is 5.41 Å². The minimum absolute atomic E-state index is 0.0985. The van der Waals surface area contributed by atoms with Gasteiger partial charge in [-0.3, -0.25) is 4.79 Å². The SMILES string of the molecule is CC1CC(C(=O)N2CCOCC2(C)C)(C(N)=S)C1. The minimum Gasteiger partial charge on any atom is -0.392 e. The predicted molar refractivity (Wildman–Crippen MR) is 74.2 cm³/mol. The van der Waals surface area contributed by atoms with E-state index in [1.807, 2.05) is 18.7 Å². The van der Waals surface area contributed by atoms with Gasteiger partial charge in [-0.2, -0.15) is 0 Å². The second-order valence-electron chi connectivity index (χ2n) is 6.28. The lowest BCUT2D eigenvalue weighted by molar-refractivity contribution is -0.159. The Bertz CT molecular complexity index is 375. The molecule has 0 aromatic heterocycles. The zero-order valence-corrected chi connectivity index (χ0v) is 12.2. The highest BCUT2D eigenvalue weighted by Crippen LogP contribution is 2.48. The minimum atomic E-state index is -0.594. The molecule has 0 bridgehead atoms. The normalized spacial score (nSPS) is 34.8. The monoisotopic (exact) mass is 270 g/mol. The first-order chi connectivity index (χ1) is 8.29. The molecular weight excluding hydrogens is 248 g/mol. The van der Waals surface area contributed by atoms with Crippen LogP contribution in [0.3, 0.4) is 0 Å². The molecule has 0 radical (unpaired) electrons. The standard InChI is InChI=1S/C13H22N2O2S/c1-9-6-13(7-9,10(14)18)11(16)15-4-5-17-8-12(15,2)3/h9H,4-8H2,1-3H3,(H2,14,18). The van der Waals surface area contributed by atoms with Crippen molar-refractivity contribution in [3.63, 3.8) is 0 Å². The van der Waals surface area contributed by atoms with Crippen LogP contribution in [0.5, 0.6) is 0 Å². The number of rotatable bonds is 2. The molecule has 1 amide bonds. The van der Waals surface area contributed by atoms with Gasteiger partial charge in [-0.1, -0.05) is 19.1 Å². The van der Waals surface area contributed by atoms with Crippen LogP contribution in [0.2, 0.25) is 0 Å². The molecule has 4 nitrogen and oxygen atoms in total. The van der Waals surface area contributed by atoms with E-state index in [2.05, 4.69) is 6.92 Å². The Morgan fingerprint density at radius 3 is 2.50 bits per heavy atom. The highest BCUT2D eigenvalue weighted by Gasteiger charge is 2.54. The summed E-state index contributed by atoms with van der Waals surface area (Å²) in [7, 11) is 0. The first kappa shape index (κ1) is 13.7. The Kier molecular flexibility index (Phi) is 3.40. The fourth-order valence-corrected chi connectivity index (χ4v) is 3.36. The van der Waals surface area contributed by atoms with Crippen LogP contribution < -0.4 is 5.73 Å². The van der Waals surface area contributed by atoms with Crippen LogP contribution in [-0.4, -0.2) is 41.1 Å². The van der Waals surface area contributed by atoms with E-state index in [9.17, 15) is 4.79 Å². The summed E-state index contributed by atoms with van der Waals surface area (Å²) < 4.78 is 5.45. The Morgan fingerprint density at radius 2 is 2.06 bits per heavy atom. The van der Waals surface area contributed by atoms with Gasteiger partial charge in [-0.05, 0) is 32.6 Å². The lowest BCUT2D eigenvalue weighted by Crippen LogP contribution is -2.64. The number of carbonyl (C=O) groups is 1. The summed E-state index contributed by atoms with van der Waals surface area (Å²) in [6.07, 6.45) is 1.57. The van der Waals surface area contributed by atoms with Gasteiger partial charge < -0.3 is 15.4 Å². The van der Waals surface area contributed by atoms with Crippen molar-refractivity contribution in [1.29, 1.82) is 0 Å². The molecule has 5 heteroatoms. The summed E-state index contributed by atoms with van der Waals surface area (Å²) in [5.41, 5.74) is 4.98. The zero-order valence-electron chi connectivity index (χ0n) is 11.4. The molecule has 18 heavy (non-hydrogen) atoms. The van der Waals surface area contributed by atoms with Gasteiger partial charge in [0.1, 0.15) is 0 Å². The number of thiocarbonyl (C=S) groups is 1. The summed E-state index contributed by atoms with van der Waals surface area (Å²) in [5.74, 6) is 0.626. The first-order valence-corrected chi connectivity index (χ1v) is 6.90. The third kappa shape index (κ3) is 2.03. The maximum atomic E-state index is 12.8. The largest absolute Gasteiger partial charge is 0.392 e. The number of hydrogen-bond acceptors (Lipinski definition) is 3.